The molecule has 1 unspecified atom stereocenters. The SMILES string of the molecule is O=C(c1cccc(Cl)c1Cl)C1CSc2ccccc2O1. The minimum atomic E-state index is -0.536. The molecule has 0 fully saturated rings. The molecule has 0 spiro atoms. The second-order valence-electron chi connectivity index (χ2n) is 4.33. The highest BCUT2D eigenvalue weighted by Gasteiger charge is 2.28. The maximum Gasteiger partial charge on any atom is 0.205 e. The Morgan fingerprint density at radius 1 is 1.15 bits per heavy atom. The number of para-hydroxylation sites is 1. The second-order valence-corrected chi connectivity index (χ2v) is 6.18. The number of carbonyl (C=O) groups is 1. The summed E-state index contributed by atoms with van der Waals surface area (Å²) in [5.74, 6) is 1.17. The van der Waals surface area contributed by atoms with Gasteiger partial charge in [-0.15, -0.1) is 11.8 Å². The second kappa shape index (κ2) is 5.68. The number of ether oxygens (including phenoxy) is 1. The van der Waals surface area contributed by atoms with E-state index in [1.54, 1.807) is 30.0 Å². The van der Waals surface area contributed by atoms with Gasteiger partial charge in [0.05, 0.1) is 10.0 Å². The number of rotatable bonds is 2. The van der Waals surface area contributed by atoms with Gasteiger partial charge in [0.2, 0.25) is 5.78 Å². The van der Waals surface area contributed by atoms with Gasteiger partial charge in [-0.1, -0.05) is 41.4 Å². The van der Waals surface area contributed by atoms with E-state index < -0.39 is 6.10 Å². The van der Waals surface area contributed by atoms with Gasteiger partial charge >= 0.3 is 0 Å². The molecule has 2 nitrogen and oxygen atoms in total. The van der Waals surface area contributed by atoms with E-state index in [9.17, 15) is 4.79 Å². The Kier molecular flexibility index (Phi) is 3.92. The number of benzene rings is 2. The van der Waals surface area contributed by atoms with Crippen molar-refractivity contribution >= 4 is 40.7 Å². The van der Waals surface area contributed by atoms with E-state index in [2.05, 4.69) is 0 Å². The number of ketones is 1. The van der Waals surface area contributed by atoms with E-state index in [0.29, 0.717) is 16.3 Å². The van der Waals surface area contributed by atoms with Crippen LogP contribution < -0.4 is 4.74 Å². The topological polar surface area (TPSA) is 26.3 Å². The largest absolute Gasteiger partial charge is 0.480 e. The van der Waals surface area contributed by atoms with Crippen molar-refractivity contribution in [2.75, 3.05) is 5.75 Å². The molecule has 1 heterocycles. The van der Waals surface area contributed by atoms with Gasteiger partial charge in [-0.3, -0.25) is 4.79 Å². The van der Waals surface area contributed by atoms with Crippen molar-refractivity contribution in [3.63, 3.8) is 0 Å². The summed E-state index contributed by atoms with van der Waals surface area (Å²) in [6.45, 7) is 0. The van der Waals surface area contributed by atoms with Gasteiger partial charge in [-0.05, 0) is 24.3 Å². The van der Waals surface area contributed by atoms with Gasteiger partial charge < -0.3 is 4.74 Å². The van der Waals surface area contributed by atoms with E-state index >= 15 is 0 Å². The molecule has 1 atom stereocenters. The first-order chi connectivity index (χ1) is 9.66. The molecular formula is C15H10Cl2O2S. The quantitative estimate of drug-likeness (QED) is 0.747. The predicted octanol–water partition coefficient (Wildman–Crippen LogP) is 4.73. The lowest BCUT2D eigenvalue weighted by Crippen LogP contribution is -2.32. The molecule has 0 amide bonds. The van der Waals surface area contributed by atoms with Crippen LogP contribution in [0.1, 0.15) is 10.4 Å². The van der Waals surface area contributed by atoms with Gasteiger partial charge in [0, 0.05) is 16.2 Å². The molecule has 0 radical (unpaired) electrons. The van der Waals surface area contributed by atoms with Gasteiger partial charge in [-0.2, -0.15) is 0 Å². The number of halogens is 2. The smallest absolute Gasteiger partial charge is 0.205 e. The van der Waals surface area contributed by atoms with Crippen LogP contribution in [0.3, 0.4) is 0 Å². The number of Topliss-reactive ketones (excluding diaryl/α,β-unsaturated/α-hetero) is 1. The predicted molar refractivity (Wildman–Crippen MR) is 82.4 cm³/mol. The Bertz CT molecular complexity index is 673. The number of carbonyl (C=O) groups excluding carboxylic acids is 1. The summed E-state index contributed by atoms with van der Waals surface area (Å²) >= 11 is 13.6. The van der Waals surface area contributed by atoms with Crippen LogP contribution in [0, 0.1) is 0 Å². The lowest BCUT2D eigenvalue weighted by Gasteiger charge is -2.24. The Morgan fingerprint density at radius 3 is 2.80 bits per heavy atom. The van der Waals surface area contributed by atoms with Crippen molar-refractivity contribution in [2.24, 2.45) is 0 Å². The fourth-order valence-electron chi connectivity index (χ4n) is 2.02. The number of fused-ring (bicyclic) bond motifs is 1. The molecule has 0 aliphatic carbocycles. The minimum absolute atomic E-state index is 0.139. The summed E-state index contributed by atoms with van der Waals surface area (Å²) < 4.78 is 5.77. The lowest BCUT2D eigenvalue weighted by molar-refractivity contribution is 0.0815. The Labute approximate surface area is 131 Å². The summed E-state index contributed by atoms with van der Waals surface area (Å²) in [4.78, 5) is 13.6. The minimum Gasteiger partial charge on any atom is -0.480 e. The number of hydrogen-bond acceptors (Lipinski definition) is 3. The third-order valence-electron chi connectivity index (χ3n) is 3.02. The molecule has 0 bridgehead atoms. The zero-order chi connectivity index (χ0) is 14.1. The fraction of sp³-hybridized carbons (Fsp3) is 0.133. The van der Waals surface area contributed by atoms with Crippen LogP contribution in [0.4, 0.5) is 0 Å². The van der Waals surface area contributed by atoms with E-state index in [0.717, 1.165) is 10.6 Å². The highest BCUT2D eigenvalue weighted by molar-refractivity contribution is 7.99. The van der Waals surface area contributed by atoms with Gasteiger partial charge in [0.15, 0.2) is 6.10 Å². The molecular weight excluding hydrogens is 315 g/mol. The maximum atomic E-state index is 12.5. The van der Waals surface area contributed by atoms with Crippen molar-refractivity contribution in [2.45, 2.75) is 11.0 Å². The third-order valence-corrected chi connectivity index (χ3v) is 4.95. The van der Waals surface area contributed by atoms with Crippen LogP contribution in [0.5, 0.6) is 5.75 Å². The molecule has 1 aliphatic rings. The maximum absolute atomic E-state index is 12.5. The summed E-state index contributed by atoms with van der Waals surface area (Å²) in [7, 11) is 0. The molecule has 0 saturated carbocycles. The molecule has 1 aliphatic heterocycles. The highest BCUT2D eigenvalue weighted by atomic mass is 35.5. The fourth-order valence-corrected chi connectivity index (χ4v) is 3.39. The van der Waals surface area contributed by atoms with E-state index in [4.69, 9.17) is 27.9 Å². The monoisotopic (exact) mass is 324 g/mol. The van der Waals surface area contributed by atoms with E-state index in [-0.39, 0.29) is 10.8 Å². The number of hydrogen-bond donors (Lipinski definition) is 0. The van der Waals surface area contributed by atoms with Gasteiger partial charge in [-0.25, -0.2) is 0 Å². The summed E-state index contributed by atoms with van der Waals surface area (Å²) in [5.41, 5.74) is 0.407. The Morgan fingerprint density at radius 2 is 1.95 bits per heavy atom. The molecule has 102 valence electrons. The summed E-state index contributed by atoms with van der Waals surface area (Å²) in [6.07, 6.45) is -0.536. The van der Waals surface area contributed by atoms with Crippen LogP contribution in [0.25, 0.3) is 0 Å². The Hall–Kier alpha value is -1.16. The first-order valence-electron chi connectivity index (χ1n) is 6.03. The van der Waals surface area contributed by atoms with Crippen LogP contribution in [0.2, 0.25) is 10.0 Å². The molecule has 0 N–H and O–H groups in total. The molecule has 2 aromatic carbocycles. The molecule has 0 saturated heterocycles. The molecule has 20 heavy (non-hydrogen) atoms. The third kappa shape index (κ3) is 2.53. The van der Waals surface area contributed by atoms with Gasteiger partial charge in [0.25, 0.3) is 0 Å². The first-order valence-corrected chi connectivity index (χ1v) is 7.77. The van der Waals surface area contributed by atoms with Crippen molar-refractivity contribution < 1.29 is 9.53 Å². The van der Waals surface area contributed by atoms with Crippen LogP contribution in [-0.2, 0) is 0 Å². The van der Waals surface area contributed by atoms with Crippen molar-refractivity contribution in [1.29, 1.82) is 0 Å². The number of thioether (sulfide) groups is 1. The summed E-state index contributed by atoms with van der Waals surface area (Å²) in [6, 6.07) is 12.7. The Balaban J connectivity index is 1.88. The van der Waals surface area contributed by atoms with Crippen LogP contribution in [0.15, 0.2) is 47.4 Å². The van der Waals surface area contributed by atoms with Crippen LogP contribution >= 0.6 is 35.0 Å². The lowest BCUT2D eigenvalue weighted by atomic mass is 10.1. The summed E-state index contributed by atoms with van der Waals surface area (Å²) in [5, 5.41) is 0.660. The normalized spacial score (nSPS) is 17.2. The average Bonchev–Trinajstić information content (AvgIpc) is 2.49. The zero-order valence-corrected chi connectivity index (χ0v) is 12.6. The van der Waals surface area contributed by atoms with E-state index in [1.165, 1.54) is 0 Å². The van der Waals surface area contributed by atoms with Crippen molar-refractivity contribution in [3.8, 4) is 5.75 Å². The van der Waals surface area contributed by atoms with Crippen LogP contribution in [-0.4, -0.2) is 17.6 Å². The molecule has 5 heteroatoms. The molecule has 0 aromatic heterocycles. The average molecular weight is 325 g/mol. The van der Waals surface area contributed by atoms with Crippen molar-refractivity contribution in [3.05, 3.63) is 58.1 Å². The first kappa shape index (κ1) is 13.8. The molecule has 3 rings (SSSR count). The zero-order valence-electron chi connectivity index (χ0n) is 10.3. The van der Waals surface area contributed by atoms with Gasteiger partial charge in [0.1, 0.15) is 5.75 Å². The standard InChI is InChI=1S/C15H10Cl2O2S/c16-10-5-3-4-9(14(10)17)15(18)12-8-20-13-7-2-1-6-11(13)19-12/h1-7,12H,8H2. The van der Waals surface area contributed by atoms with E-state index in [1.807, 2.05) is 24.3 Å². The highest BCUT2D eigenvalue weighted by Crippen LogP contribution is 2.36. The van der Waals surface area contributed by atoms with Crippen molar-refractivity contribution in [1.82, 2.24) is 0 Å². The molecule has 2 aromatic rings.